The Kier molecular flexibility index (Phi) is 4.27. The minimum Gasteiger partial charge on any atom is -0.477 e. The number of ether oxygens (including phenoxy) is 2. The third-order valence-corrected chi connectivity index (χ3v) is 3.20. The van der Waals surface area contributed by atoms with Crippen LogP contribution >= 0.6 is 11.6 Å². The monoisotopic (exact) mass is 285 g/mol. The van der Waals surface area contributed by atoms with Crippen LogP contribution in [0.1, 0.15) is 37.0 Å². The topological polar surface area (TPSA) is 68.7 Å². The molecule has 104 valence electrons. The van der Waals surface area contributed by atoms with E-state index in [0.717, 1.165) is 0 Å². The van der Waals surface area contributed by atoms with Gasteiger partial charge in [-0.3, -0.25) is 0 Å². The average molecular weight is 286 g/mol. The molecule has 19 heavy (non-hydrogen) atoms. The van der Waals surface area contributed by atoms with Crippen molar-refractivity contribution in [3.63, 3.8) is 0 Å². The fourth-order valence-electron chi connectivity index (χ4n) is 2.27. The lowest BCUT2D eigenvalue weighted by atomic mass is 10.0. The molecule has 6 heteroatoms. The maximum atomic E-state index is 11.1. The zero-order valence-electron chi connectivity index (χ0n) is 10.8. The summed E-state index contributed by atoms with van der Waals surface area (Å²) in [5, 5.41) is 9.32. The first-order chi connectivity index (χ1) is 8.95. The second-order valence-corrected chi connectivity index (χ2v) is 5.15. The van der Waals surface area contributed by atoms with E-state index in [2.05, 4.69) is 4.98 Å². The molecular weight excluding hydrogens is 270 g/mol. The van der Waals surface area contributed by atoms with Crippen LogP contribution < -0.4 is 4.74 Å². The number of aromatic nitrogens is 1. The third-order valence-electron chi connectivity index (χ3n) is 2.99. The molecule has 2 rings (SSSR count). The molecule has 1 N–H and O–H groups in total. The maximum Gasteiger partial charge on any atom is 0.341 e. The molecule has 1 aliphatic rings. The average Bonchev–Trinajstić information content (AvgIpc) is 2.26. The third kappa shape index (κ3) is 3.58. The van der Waals surface area contributed by atoms with Gasteiger partial charge in [0.1, 0.15) is 16.8 Å². The Morgan fingerprint density at radius 3 is 2.63 bits per heavy atom. The molecule has 2 unspecified atom stereocenters. The lowest BCUT2D eigenvalue weighted by molar-refractivity contribution is -0.0730. The summed E-state index contributed by atoms with van der Waals surface area (Å²) < 4.78 is 11.3. The highest BCUT2D eigenvalue weighted by Gasteiger charge is 2.27. The Morgan fingerprint density at radius 1 is 1.42 bits per heavy atom. The van der Waals surface area contributed by atoms with Crippen LogP contribution in [-0.4, -0.2) is 34.4 Å². The second kappa shape index (κ2) is 5.75. The molecule has 0 spiro atoms. The number of pyridine rings is 1. The molecule has 0 aliphatic carbocycles. The van der Waals surface area contributed by atoms with Crippen LogP contribution in [0.2, 0.25) is 5.15 Å². The Morgan fingerprint density at radius 2 is 2.05 bits per heavy atom. The van der Waals surface area contributed by atoms with E-state index in [-0.39, 0.29) is 34.9 Å². The second-order valence-electron chi connectivity index (χ2n) is 4.76. The Balaban J connectivity index is 2.18. The maximum absolute atomic E-state index is 11.1. The summed E-state index contributed by atoms with van der Waals surface area (Å²) >= 11 is 5.79. The van der Waals surface area contributed by atoms with Crippen molar-refractivity contribution in [3.8, 4) is 5.88 Å². The van der Waals surface area contributed by atoms with E-state index in [1.807, 2.05) is 13.8 Å². The predicted molar refractivity (Wildman–Crippen MR) is 69.9 cm³/mol. The van der Waals surface area contributed by atoms with Gasteiger partial charge in [0.2, 0.25) is 5.88 Å². The first-order valence-electron chi connectivity index (χ1n) is 6.17. The number of hydrogen-bond acceptors (Lipinski definition) is 4. The highest BCUT2D eigenvalue weighted by Crippen LogP contribution is 2.26. The fraction of sp³-hybridized carbons (Fsp3) is 0.538. The van der Waals surface area contributed by atoms with Gasteiger partial charge in [-0.05, 0) is 26.0 Å². The van der Waals surface area contributed by atoms with Crippen molar-refractivity contribution < 1.29 is 19.4 Å². The van der Waals surface area contributed by atoms with E-state index in [0.29, 0.717) is 12.8 Å². The first kappa shape index (κ1) is 14.1. The molecule has 2 atom stereocenters. The van der Waals surface area contributed by atoms with Crippen LogP contribution in [0.5, 0.6) is 5.88 Å². The number of nitrogens with zero attached hydrogens (tertiary/aromatic N) is 1. The van der Waals surface area contributed by atoms with Crippen LogP contribution in [-0.2, 0) is 4.74 Å². The summed E-state index contributed by atoms with van der Waals surface area (Å²) in [6.45, 7) is 3.94. The Labute approximate surface area is 116 Å². The van der Waals surface area contributed by atoms with Crippen LogP contribution in [0, 0.1) is 0 Å². The Bertz CT molecular complexity index is 470. The highest BCUT2D eigenvalue weighted by molar-refractivity contribution is 6.29. The van der Waals surface area contributed by atoms with Crippen molar-refractivity contribution in [2.24, 2.45) is 0 Å². The molecular formula is C13H16ClNO4. The van der Waals surface area contributed by atoms with Gasteiger partial charge < -0.3 is 14.6 Å². The van der Waals surface area contributed by atoms with Crippen LogP contribution in [0.25, 0.3) is 0 Å². The molecule has 0 radical (unpaired) electrons. The molecule has 1 saturated heterocycles. The normalized spacial score (nSPS) is 27.0. The van der Waals surface area contributed by atoms with Gasteiger partial charge in [0.15, 0.2) is 0 Å². The minimum atomic E-state index is -1.08. The number of carboxylic acids is 1. The van der Waals surface area contributed by atoms with E-state index in [1.54, 1.807) is 0 Å². The van der Waals surface area contributed by atoms with Crippen LogP contribution in [0.15, 0.2) is 12.1 Å². The van der Waals surface area contributed by atoms with Crippen molar-refractivity contribution >= 4 is 17.6 Å². The zero-order valence-corrected chi connectivity index (χ0v) is 11.6. The summed E-state index contributed by atoms with van der Waals surface area (Å²) in [5.41, 5.74) is 0.0243. The van der Waals surface area contributed by atoms with Gasteiger partial charge in [0.25, 0.3) is 0 Å². The lowest BCUT2D eigenvalue weighted by Crippen LogP contribution is -2.36. The molecule has 1 aromatic rings. The zero-order chi connectivity index (χ0) is 14.0. The number of carboxylic acid groups (broad SMARTS) is 1. The number of rotatable bonds is 3. The summed E-state index contributed by atoms with van der Waals surface area (Å²) in [6, 6.07) is 2.84. The molecule has 1 aliphatic heterocycles. The molecule has 0 amide bonds. The highest BCUT2D eigenvalue weighted by atomic mass is 35.5. The number of aromatic carboxylic acids is 1. The lowest BCUT2D eigenvalue weighted by Gasteiger charge is -2.32. The molecule has 1 fully saturated rings. The quantitative estimate of drug-likeness (QED) is 0.865. The number of hydrogen-bond donors (Lipinski definition) is 1. The van der Waals surface area contributed by atoms with Crippen molar-refractivity contribution in [3.05, 3.63) is 22.8 Å². The van der Waals surface area contributed by atoms with Gasteiger partial charge in [-0.2, -0.15) is 0 Å². The van der Waals surface area contributed by atoms with Crippen molar-refractivity contribution in [1.29, 1.82) is 0 Å². The van der Waals surface area contributed by atoms with E-state index in [1.165, 1.54) is 12.1 Å². The summed E-state index contributed by atoms with van der Waals surface area (Å²) in [6.07, 6.45) is 1.47. The molecule has 5 nitrogen and oxygen atoms in total. The van der Waals surface area contributed by atoms with Gasteiger partial charge in [-0.1, -0.05) is 11.6 Å². The van der Waals surface area contributed by atoms with E-state index >= 15 is 0 Å². The van der Waals surface area contributed by atoms with Gasteiger partial charge >= 0.3 is 5.97 Å². The smallest absolute Gasteiger partial charge is 0.341 e. The van der Waals surface area contributed by atoms with Gasteiger partial charge in [-0.15, -0.1) is 0 Å². The number of carbonyl (C=O) groups is 1. The SMILES string of the molecule is CC1CC(Oc2nc(Cl)ccc2C(=O)O)CC(C)O1. The molecule has 1 aromatic heterocycles. The fourth-order valence-corrected chi connectivity index (χ4v) is 2.41. The first-order valence-corrected chi connectivity index (χ1v) is 6.55. The van der Waals surface area contributed by atoms with Crippen molar-refractivity contribution in [1.82, 2.24) is 4.98 Å². The van der Waals surface area contributed by atoms with Crippen LogP contribution in [0.4, 0.5) is 0 Å². The van der Waals surface area contributed by atoms with E-state index in [4.69, 9.17) is 26.2 Å². The predicted octanol–water partition coefficient (Wildman–Crippen LogP) is 2.77. The van der Waals surface area contributed by atoms with Crippen molar-refractivity contribution in [2.75, 3.05) is 0 Å². The van der Waals surface area contributed by atoms with Gasteiger partial charge in [0, 0.05) is 12.8 Å². The van der Waals surface area contributed by atoms with E-state index in [9.17, 15) is 4.79 Å². The summed E-state index contributed by atoms with van der Waals surface area (Å²) in [4.78, 5) is 15.1. The van der Waals surface area contributed by atoms with Crippen LogP contribution in [0.3, 0.4) is 0 Å². The summed E-state index contributed by atoms with van der Waals surface area (Å²) in [5.74, 6) is -1.00. The number of halogens is 1. The molecule has 0 aromatic carbocycles. The standard InChI is InChI=1S/C13H16ClNO4/c1-7-5-9(6-8(2)18-7)19-12-10(13(16)17)3-4-11(14)15-12/h3-4,7-9H,5-6H2,1-2H3,(H,16,17). The van der Waals surface area contributed by atoms with Gasteiger partial charge in [0.05, 0.1) is 12.2 Å². The summed E-state index contributed by atoms with van der Waals surface area (Å²) in [7, 11) is 0. The molecule has 0 saturated carbocycles. The largest absolute Gasteiger partial charge is 0.477 e. The molecule has 2 heterocycles. The van der Waals surface area contributed by atoms with Gasteiger partial charge in [-0.25, -0.2) is 9.78 Å². The van der Waals surface area contributed by atoms with E-state index < -0.39 is 5.97 Å². The minimum absolute atomic E-state index is 0.0243. The molecule has 0 bridgehead atoms. The Hall–Kier alpha value is -1.33. The van der Waals surface area contributed by atoms with Crippen molar-refractivity contribution in [2.45, 2.75) is 45.0 Å².